The van der Waals surface area contributed by atoms with E-state index in [1.807, 2.05) is 13.8 Å². The van der Waals surface area contributed by atoms with Crippen LogP contribution in [0.25, 0.3) is 11.1 Å². The van der Waals surface area contributed by atoms with Gasteiger partial charge in [0.1, 0.15) is 5.75 Å². The van der Waals surface area contributed by atoms with Crippen LogP contribution in [-0.4, -0.2) is 10.0 Å². The van der Waals surface area contributed by atoms with E-state index in [-0.39, 0.29) is 16.4 Å². The predicted molar refractivity (Wildman–Crippen MR) is 69.7 cm³/mol. The average Bonchev–Trinajstić information content (AvgIpc) is 2.33. The van der Waals surface area contributed by atoms with Gasteiger partial charge in [0, 0.05) is 6.07 Å². The normalized spacial score (nSPS) is 10.3. The minimum Gasteiger partial charge on any atom is -0.508 e. The molecule has 2 aromatic carbocycles. The van der Waals surface area contributed by atoms with E-state index in [4.69, 9.17) is 0 Å². The predicted octanol–water partition coefficient (Wildman–Crippen LogP) is 3.58. The van der Waals surface area contributed by atoms with Crippen LogP contribution in [0.15, 0.2) is 36.4 Å². The molecule has 92 valence electrons. The summed E-state index contributed by atoms with van der Waals surface area (Å²) in [7, 11) is 0. The average molecular weight is 243 g/mol. The third kappa shape index (κ3) is 2.18. The summed E-state index contributed by atoms with van der Waals surface area (Å²) in [6.45, 7) is 3.77. The highest BCUT2D eigenvalue weighted by Crippen LogP contribution is 2.33. The van der Waals surface area contributed by atoms with Crippen molar-refractivity contribution in [1.29, 1.82) is 0 Å². The monoisotopic (exact) mass is 243 g/mol. The molecule has 0 aliphatic carbocycles. The van der Waals surface area contributed by atoms with Gasteiger partial charge < -0.3 is 5.11 Å². The standard InChI is InChI=1S/C14H13NO3/c1-9-7-13(11-3-5-12(16)6-4-11)14(15(17)18)8-10(9)2/h3-8,16H,1-2H3. The molecule has 2 aromatic rings. The maximum Gasteiger partial charge on any atom is 0.277 e. The second-order valence-corrected chi connectivity index (χ2v) is 4.26. The summed E-state index contributed by atoms with van der Waals surface area (Å²) in [4.78, 5) is 10.7. The van der Waals surface area contributed by atoms with Gasteiger partial charge in [0.2, 0.25) is 0 Å². The number of nitrogens with zero attached hydrogens (tertiary/aromatic N) is 1. The maximum absolute atomic E-state index is 11.1. The second-order valence-electron chi connectivity index (χ2n) is 4.26. The van der Waals surface area contributed by atoms with Gasteiger partial charge in [-0.3, -0.25) is 10.1 Å². The number of phenolic OH excluding ortho intramolecular Hbond substituents is 1. The van der Waals surface area contributed by atoms with Crippen LogP contribution in [0, 0.1) is 24.0 Å². The summed E-state index contributed by atoms with van der Waals surface area (Å²) < 4.78 is 0. The Morgan fingerprint density at radius 3 is 2.17 bits per heavy atom. The Labute approximate surface area is 105 Å². The number of nitro groups is 1. The van der Waals surface area contributed by atoms with E-state index >= 15 is 0 Å². The lowest BCUT2D eigenvalue weighted by Crippen LogP contribution is -1.94. The molecule has 0 radical (unpaired) electrons. The number of phenols is 1. The zero-order valence-corrected chi connectivity index (χ0v) is 10.2. The SMILES string of the molecule is Cc1cc(-c2ccc(O)cc2)c([N+](=O)[O-])cc1C. The molecular weight excluding hydrogens is 230 g/mol. The van der Waals surface area contributed by atoms with Gasteiger partial charge >= 0.3 is 0 Å². The fourth-order valence-corrected chi connectivity index (χ4v) is 1.82. The molecule has 0 spiro atoms. The van der Waals surface area contributed by atoms with Gasteiger partial charge in [-0.15, -0.1) is 0 Å². The fraction of sp³-hybridized carbons (Fsp3) is 0.143. The highest BCUT2D eigenvalue weighted by molar-refractivity contribution is 5.75. The first kappa shape index (κ1) is 12.1. The van der Waals surface area contributed by atoms with Crippen LogP contribution >= 0.6 is 0 Å². The Kier molecular flexibility index (Phi) is 3.02. The number of nitro benzene ring substituents is 1. The molecule has 0 saturated heterocycles. The molecule has 0 unspecified atom stereocenters. The van der Waals surface area contributed by atoms with Gasteiger partial charge in [0.15, 0.2) is 0 Å². The molecule has 0 saturated carbocycles. The van der Waals surface area contributed by atoms with Crippen molar-refractivity contribution >= 4 is 5.69 Å². The lowest BCUT2D eigenvalue weighted by Gasteiger charge is -2.07. The van der Waals surface area contributed by atoms with Crippen LogP contribution in [0.4, 0.5) is 5.69 Å². The molecule has 0 heterocycles. The first-order chi connectivity index (χ1) is 8.49. The number of aryl methyl sites for hydroxylation is 2. The summed E-state index contributed by atoms with van der Waals surface area (Å²) in [6, 6.07) is 9.78. The highest BCUT2D eigenvalue weighted by Gasteiger charge is 2.16. The minimum atomic E-state index is -0.380. The van der Waals surface area contributed by atoms with Crippen LogP contribution in [0.2, 0.25) is 0 Å². The van der Waals surface area contributed by atoms with Gasteiger partial charge in [0.25, 0.3) is 5.69 Å². The van der Waals surface area contributed by atoms with Crippen molar-refractivity contribution in [1.82, 2.24) is 0 Å². The Morgan fingerprint density at radius 2 is 1.61 bits per heavy atom. The van der Waals surface area contributed by atoms with Crippen molar-refractivity contribution < 1.29 is 10.0 Å². The van der Waals surface area contributed by atoms with Gasteiger partial charge in [-0.1, -0.05) is 12.1 Å². The van der Waals surface area contributed by atoms with Crippen molar-refractivity contribution in [3.8, 4) is 16.9 Å². The Hall–Kier alpha value is -2.36. The molecule has 0 amide bonds. The smallest absolute Gasteiger partial charge is 0.277 e. The lowest BCUT2D eigenvalue weighted by atomic mass is 9.98. The van der Waals surface area contributed by atoms with Crippen LogP contribution in [0.1, 0.15) is 11.1 Å². The maximum atomic E-state index is 11.1. The molecule has 0 aromatic heterocycles. The molecular formula is C14H13NO3. The van der Waals surface area contributed by atoms with Crippen LogP contribution in [-0.2, 0) is 0 Å². The minimum absolute atomic E-state index is 0.0868. The largest absolute Gasteiger partial charge is 0.508 e. The fourth-order valence-electron chi connectivity index (χ4n) is 1.82. The van der Waals surface area contributed by atoms with Crippen LogP contribution in [0.3, 0.4) is 0 Å². The van der Waals surface area contributed by atoms with Crippen LogP contribution in [0.5, 0.6) is 5.75 Å². The first-order valence-corrected chi connectivity index (χ1v) is 5.54. The van der Waals surface area contributed by atoms with Crippen molar-refractivity contribution in [2.45, 2.75) is 13.8 Å². The highest BCUT2D eigenvalue weighted by atomic mass is 16.6. The molecule has 4 nitrogen and oxygen atoms in total. The Morgan fingerprint density at radius 1 is 1.06 bits per heavy atom. The summed E-state index contributed by atoms with van der Waals surface area (Å²) in [5.41, 5.74) is 3.28. The third-order valence-corrected chi connectivity index (χ3v) is 2.99. The zero-order chi connectivity index (χ0) is 13.3. The van der Waals surface area contributed by atoms with E-state index < -0.39 is 0 Å². The molecule has 0 aliphatic heterocycles. The Bertz CT molecular complexity index is 603. The summed E-state index contributed by atoms with van der Waals surface area (Å²) in [5.74, 6) is 0.144. The Balaban J connectivity index is 2.65. The molecule has 0 bridgehead atoms. The molecule has 4 heteroatoms. The zero-order valence-electron chi connectivity index (χ0n) is 10.2. The quantitative estimate of drug-likeness (QED) is 0.647. The molecule has 0 aliphatic rings. The van der Waals surface area contributed by atoms with Crippen LogP contribution < -0.4 is 0 Å². The number of benzene rings is 2. The lowest BCUT2D eigenvalue weighted by molar-refractivity contribution is -0.384. The number of hydrogen-bond acceptors (Lipinski definition) is 3. The van der Waals surface area contributed by atoms with Gasteiger partial charge in [-0.2, -0.15) is 0 Å². The molecule has 1 N–H and O–H groups in total. The first-order valence-electron chi connectivity index (χ1n) is 5.54. The molecule has 18 heavy (non-hydrogen) atoms. The van der Waals surface area contributed by atoms with Crippen molar-refractivity contribution in [2.75, 3.05) is 0 Å². The number of aromatic hydroxyl groups is 1. The number of rotatable bonds is 2. The molecule has 2 rings (SSSR count). The van der Waals surface area contributed by atoms with Crippen molar-refractivity contribution in [2.24, 2.45) is 0 Å². The van der Waals surface area contributed by atoms with Gasteiger partial charge in [-0.25, -0.2) is 0 Å². The molecule has 0 fully saturated rings. The van der Waals surface area contributed by atoms with Crippen molar-refractivity contribution in [3.05, 3.63) is 57.6 Å². The van der Waals surface area contributed by atoms with E-state index in [1.165, 1.54) is 12.1 Å². The van der Waals surface area contributed by atoms with Crippen molar-refractivity contribution in [3.63, 3.8) is 0 Å². The summed E-state index contributed by atoms with van der Waals surface area (Å²) in [6.07, 6.45) is 0. The van der Waals surface area contributed by atoms with E-state index in [2.05, 4.69) is 0 Å². The van der Waals surface area contributed by atoms with E-state index in [1.54, 1.807) is 24.3 Å². The second kappa shape index (κ2) is 4.49. The van der Waals surface area contributed by atoms with Gasteiger partial charge in [0.05, 0.1) is 10.5 Å². The summed E-state index contributed by atoms with van der Waals surface area (Å²) >= 11 is 0. The topological polar surface area (TPSA) is 63.4 Å². The van der Waals surface area contributed by atoms with E-state index in [9.17, 15) is 15.2 Å². The van der Waals surface area contributed by atoms with E-state index in [0.717, 1.165) is 16.7 Å². The number of hydrogen-bond donors (Lipinski definition) is 1. The molecule has 0 atom stereocenters. The van der Waals surface area contributed by atoms with Gasteiger partial charge in [-0.05, 0) is 48.7 Å². The third-order valence-electron chi connectivity index (χ3n) is 2.99. The summed E-state index contributed by atoms with van der Waals surface area (Å²) in [5, 5.41) is 20.3. The van der Waals surface area contributed by atoms with E-state index in [0.29, 0.717) is 5.56 Å².